The summed E-state index contributed by atoms with van der Waals surface area (Å²) in [6, 6.07) is 4.89. The highest BCUT2D eigenvalue weighted by atomic mass is 35.5. The molecule has 2 nitrogen and oxygen atoms in total. The van der Waals surface area contributed by atoms with Gasteiger partial charge < -0.3 is 10.4 Å². The number of aliphatic hydroxyl groups is 1. The molecule has 0 amide bonds. The molecule has 1 unspecified atom stereocenters. The van der Waals surface area contributed by atoms with Crippen molar-refractivity contribution in [1.82, 2.24) is 5.32 Å². The van der Waals surface area contributed by atoms with Crippen molar-refractivity contribution < 1.29 is 9.50 Å². The maximum absolute atomic E-state index is 12.8. The molecule has 0 heterocycles. The van der Waals surface area contributed by atoms with E-state index in [0.717, 1.165) is 5.56 Å². The van der Waals surface area contributed by atoms with Crippen LogP contribution in [0, 0.1) is 5.82 Å². The van der Waals surface area contributed by atoms with E-state index in [2.05, 4.69) is 5.32 Å². The van der Waals surface area contributed by atoms with Crippen LogP contribution < -0.4 is 5.32 Å². The van der Waals surface area contributed by atoms with Crippen molar-refractivity contribution in [3.8, 4) is 0 Å². The first-order chi connectivity index (χ1) is 7.13. The summed E-state index contributed by atoms with van der Waals surface area (Å²) < 4.78 is 12.8. The molecule has 1 aromatic carbocycles. The first kappa shape index (κ1) is 12.4. The maximum atomic E-state index is 12.8. The Kier molecular flexibility index (Phi) is 5.02. The Labute approximate surface area is 94.1 Å². The third-order valence-electron chi connectivity index (χ3n) is 2.20. The number of hydrogen-bond acceptors (Lipinski definition) is 2. The van der Waals surface area contributed by atoms with Gasteiger partial charge in [0, 0.05) is 19.2 Å². The van der Waals surface area contributed by atoms with Gasteiger partial charge in [-0.2, -0.15) is 0 Å². The molecule has 0 saturated heterocycles. The Balaban J connectivity index is 2.47. The van der Waals surface area contributed by atoms with Crippen LogP contribution in [-0.4, -0.2) is 17.8 Å². The summed E-state index contributed by atoms with van der Waals surface area (Å²) in [5.41, 5.74) is 0.936. The second-order valence-electron chi connectivity index (χ2n) is 3.54. The van der Waals surface area contributed by atoms with Crippen LogP contribution in [0.2, 0.25) is 5.02 Å². The van der Waals surface area contributed by atoms with E-state index < -0.39 is 5.82 Å². The lowest BCUT2D eigenvalue weighted by Crippen LogP contribution is -2.26. The quantitative estimate of drug-likeness (QED) is 0.815. The zero-order chi connectivity index (χ0) is 11.3. The highest BCUT2D eigenvalue weighted by Crippen LogP contribution is 2.15. The predicted octanol–water partition coefficient (Wildman–Crippen LogP) is 2.34. The Hall–Kier alpha value is -0.640. The summed E-state index contributed by atoms with van der Waals surface area (Å²) in [7, 11) is 0. The molecule has 0 radical (unpaired) electrons. The third-order valence-corrected chi connectivity index (χ3v) is 2.49. The molecular weight excluding hydrogens is 217 g/mol. The average Bonchev–Trinajstić information content (AvgIpc) is 2.20. The van der Waals surface area contributed by atoms with E-state index >= 15 is 0 Å². The van der Waals surface area contributed by atoms with E-state index in [-0.39, 0.29) is 17.7 Å². The van der Waals surface area contributed by atoms with Crippen LogP contribution in [0.25, 0.3) is 0 Å². The molecule has 0 aliphatic heterocycles. The molecule has 1 atom stereocenters. The SMILES string of the molecule is CC(CCO)NCc1ccc(F)c(Cl)c1. The van der Waals surface area contributed by atoms with E-state index in [4.69, 9.17) is 16.7 Å². The fraction of sp³-hybridized carbons (Fsp3) is 0.455. The molecule has 0 saturated carbocycles. The molecule has 15 heavy (non-hydrogen) atoms. The normalized spacial score (nSPS) is 12.8. The minimum Gasteiger partial charge on any atom is -0.396 e. The van der Waals surface area contributed by atoms with Crippen LogP contribution in [-0.2, 0) is 6.54 Å². The van der Waals surface area contributed by atoms with Crippen LogP contribution in [0.1, 0.15) is 18.9 Å². The zero-order valence-corrected chi connectivity index (χ0v) is 9.39. The van der Waals surface area contributed by atoms with Gasteiger partial charge in [-0.3, -0.25) is 0 Å². The fourth-order valence-corrected chi connectivity index (χ4v) is 1.44. The number of halogens is 2. The number of rotatable bonds is 5. The number of nitrogens with one attached hydrogen (secondary N) is 1. The highest BCUT2D eigenvalue weighted by Gasteiger charge is 2.03. The molecule has 0 bridgehead atoms. The van der Waals surface area contributed by atoms with Crippen molar-refractivity contribution in [2.45, 2.75) is 25.9 Å². The minimum atomic E-state index is -0.399. The lowest BCUT2D eigenvalue weighted by Gasteiger charge is -2.12. The number of benzene rings is 1. The Bertz CT molecular complexity index is 319. The second kappa shape index (κ2) is 6.05. The van der Waals surface area contributed by atoms with Gasteiger partial charge in [0.05, 0.1) is 5.02 Å². The van der Waals surface area contributed by atoms with Gasteiger partial charge in [-0.05, 0) is 31.0 Å². The Morgan fingerprint density at radius 2 is 2.27 bits per heavy atom. The van der Waals surface area contributed by atoms with Crippen molar-refractivity contribution in [2.75, 3.05) is 6.61 Å². The van der Waals surface area contributed by atoms with Crippen molar-refractivity contribution >= 4 is 11.6 Å². The summed E-state index contributed by atoms with van der Waals surface area (Å²) in [5, 5.41) is 12.1. The van der Waals surface area contributed by atoms with Gasteiger partial charge in [0.1, 0.15) is 5.82 Å². The van der Waals surface area contributed by atoms with Crippen LogP contribution in [0.3, 0.4) is 0 Å². The molecule has 1 aromatic rings. The van der Waals surface area contributed by atoms with Crippen molar-refractivity contribution in [1.29, 1.82) is 0 Å². The smallest absolute Gasteiger partial charge is 0.141 e. The molecule has 0 spiro atoms. The summed E-state index contributed by atoms with van der Waals surface area (Å²) in [6.45, 7) is 2.78. The molecule has 84 valence electrons. The molecule has 1 rings (SSSR count). The average molecular weight is 232 g/mol. The van der Waals surface area contributed by atoms with Crippen LogP contribution in [0.5, 0.6) is 0 Å². The van der Waals surface area contributed by atoms with Crippen molar-refractivity contribution in [3.63, 3.8) is 0 Å². The topological polar surface area (TPSA) is 32.3 Å². The molecular formula is C11H15ClFNO. The molecule has 0 aliphatic rings. The van der Waals surface area contributed by atoms with Crippen molar-refractivity contribution in [3.05, 3.63) is 34.6 Å². The van der Waals surface area contributed by atoms with E-state index in [1.165, 1.54) is 6.07 Å². The Morgan fingerprint density at radius 3 is 2.87 bits per heavy atom. The maximum Gasteiger partial charge on any atom is 0.141 e. The van der Waals surface area contributed by atoms with Crippen molar-refractivity contribution in [2.24, 2.45) is 0 Å². The monoisotopic (exact) mass is 231 g/mol. The lowest BCUT2D eigenvalue weighted by atomic mass is 10.2. The highest BCUT2D eigenvalue weighted by molar-refractivity contribution is 6.30. The largest absolute Gasteiger partial charge is 0.396 e. The predicted molar refractivity (Wildman–Crippen MR) is 59.4 cm³/mol. The molecule has 2 N–H and O–H groups in total. The summed E-state index contributed by atoms with van der Waals surface area (Å²) in [6.07, 6.45) is 0.703. The van der Waals surface area contributed by atoms with Gasteiger partial charge in [-0.15, -0.1) is 0 Å². The third kappa shape index (κ3) is 4.16. The van der Waals surface area contributed by atoms with Gasteiger partial charge in [0.2, 0.25) is 0 Å². The van der Waals surface area contributed by atoms with Gasteiger partial charge >= 0.3 is 0 Å². The van der Waals surface area contributed by atoms with E-state index in [9.17, 15) is 4.39 Å². The van der Waals surface area contributed by atoms with Gasteiger partial charge in [0.15, 0.2) is 0 Å². The molecule has 0 fully saturated rings. The molecule has 4 heteroatoms. The van der Waals surface area contributed by atoms with Gasteiger partial charge in [-0.1, -0.05) is 17.7 Å². The molecule has 0 aliphatic carbocycles. The van der Waals surface area contributed by atoms with Crippen LogP contribution in [0.15, 0.2) is 18.2 Å². The number of hydrogen-bond donors (Lipinski definition) is 2. The summed E-state index contributed by atoms with van der Waals surface area (Å²) in [4.78, 5) is 0. The lowest BCUT2D eigenvalue weighted by molar-refractivity contribution is 0.268. The Morgan fingerprint density at radius 1 is 1.53 bits per heavy atom. The zero-order valence-electron chi connectivity index (χ0n) is 8.63. The van der Waals surface area contributed by atoms with Gasteiger partial charge in [0.25, 0.3) is 0 Å². The fourth-order valence-electron chi connectivity index (χ4n) is 1.24. The second-order valence-corrected chi connectivity index (χ2v) is 3.95. The van der Waals surface area contributed by atoms with E-state index in [1.54, 1.807) is 12.1 Å². The number of aliphatic hydroxyl groups excluding tert-OH is 1. The van der Waals surface area contributed by atoms with Crippen LogP contribution in [0.4, 0.5) is 4.39 Å². The minimum absolute atomic E-state index is 0.143. The molecule has 0 aromatic heterocycles. The van der Waals surface area contributed by atoms with Gasteiger partial charge in [-0.25, -0.2) is 4.39 Å². The standard InChI is InChI=1S/C11H15ClFNO/c1-8(4-5-15)14-7-9-2-3-11(13)10(12)6-9/h2-3,6,8,14-15H,4-5,7H2,1H3. The first-order valence-electron chi connectivity index (χ1n) is 4.91. The summed E-state index contributed by atoms with van der Waals surface area (Å²) in [5.74, 6) is -0.399. The van der Waals surface area contributed by atoms with E-state index in [1.807, 2.05) is 6.92 Å². The van der Waals surface area contributed by atoms with E-state index in [0.29, 0.717) is 13.0 Å². The first-order valence-corrected chi connectivity index (χ1v) is 5.29. The summed E-state index contributed by atoms with van der Waals surface area (Å²) >= 11 is 5.65. The van der Waals surface area contributed by atoms with Crippen LogP contribution >= 0.6 is 11.6 Å².